The zero-order chi connectivity index (χ0) is 23.2. The molecule has 4 aromatic rings. The van der Waals surface area contributed by atoms with Crippen molar-refractivity contribution in [1.82, 2.24) is 9.78 Å². The van der Waals surface area contributed by atoms with Gasteiger partial charge in [-0.2, -0.15) is 5.10 Å². The van der Waals surface area contributed by atoms with Crippen molar-refractivity contribution in [1.29, 1.82) is 0 Å². The maximum Gasteiger partial charge on any atom is 0.256 e. The lowest BCUT2D eigenvalue weighted by molar-refractivity contribution is 0.102. The van der Waals surface area contributed by atoms with Crippen LogP contribution in [0.25, 0.3) is 0 Å². The fourth-order valence-electron chi connectivity index (χ4n) is 3.34. The molecule has 7 heteroatoms. The first-order chi connectivity index (χ1) is 16.0. The van der Waals surface area contributed by atoms with E-state index in [9.17, 15) is 9.18 Å². The van der Waals surface area contributed by atoms with E-state index in [1.165, 1.54) is 16.3 Å². The molecule has 4 rings (SSSR count). The molecule has 0 aliphatic carbocycles. The van der Waals surface area contributed by atoms with Gasteiger partial charge < -0.3 is 10.1 Å². The highest BCUT2D eigenvalue weighted by molar-refractivity contribution is 6.31. The Morgan fingerprint density at radius 1 is 1.06 bits per heavy atom. The first kappa shape index (κ1) is 22.6. The molecule has 0 bridgehead atoms. The largest absolute Gasteiger partial charge is 0.489 e. The predicted molar refractivity (Wildman–Crippen MR) is 127 cm³/mol. The summed E-state index contributed by atoms with van der Waals surface area (Å²) in [5.74, 6) is 0.454. The third kappa shape index (κ3) is 5.79. The summed E-state index contributed by atoms with van der Waals surface area (Å²) in [4.78, 5) is 12.7. The van der Waals surface area contributed by atoms with Gasteiger partial charge in [-0.05, 0) is 53.9 Å². The molecule has 1 aromatic heterocycles. The minimum Gasteiger partial charge on any atom is -0.489 e. The number of aromatic nitrogens is 2. The number of carbonyl (C=O) groups is 1. The highest BCUT2D eigenvalue weighted by atomic mass is 35.5. The van der Waals surface area contributed by atoms with Gasteiger partial charge in [-0.1, -0.05) is 48.9 Å². The molecule has 168 valence electrons. The molecule has 1 amide bonds. The molecular formula is C26H23ClFN3O2. The number of ether oxygens (including phenoxy) is 1. The van der Waals surface area contributed by atoms with Gasteiger partial charge >= 0.3 is 0 Å². The monoisotopic (exact) mass is 463 g/mol. The van der Waals surface area contributed by atoms with Crippen LogP contribution in [0.4, 0.5) is 10.2 Å². The molecule has 0 spiro atoms. The third-order valence-corrected chi connectivity index (χ3v) is 5.54. The van der Waals surface area contributed by atoms with E-state index in [1.807, 2.05) is 36.4 Å². The highest BCUT2D eigenvalue weighted by Crippen LogP contribution is 2.20. The number of aryl methyl sites for hydroxylation is 1. The van der Waals surface area contributed by atoms with Crippen molar-refractivity contribution in [3.05, 3.63) is 112 Å². The summed E-state index contributed by atoms with van der Waals surface area (Å²) >= 11 is 6.08. The van der Waals surface area contributed by atoms with Crippen molar-refractivity contribution in [3.8, 4) is 5.75 Å². The van der Waals surface area contributed by atoms with Crippen molar-refractivity contribution in [3.63, 3.8) is 0 Å². The number of hydrogen-bond acceptors (Lipinski definition) is 3. The number of nitrogens with zero attached hydrogens (tertiary/aromatic N) is 2. The molecule has 0 fully saturated rings. The molecule has 5 nitrogen and oxygen atoms in total. The van der Waals surface area contributed by atoms with Gasteiger partial charge in [-0.15, -0.1) is 0 Å². The van der Waals surface area contributed by atoms with Gasteiger partial charge in [-0.25, -0.2) is 4.39 Å². The summed E-state index contributed by atoms with van der Waals surface area (Å²) in [6, 6.07) is 21.4. The molecular weight excluding hydrogens is 441 g/mol. The van der Waals surface area contributed by atoms with E-state index < -0.39 is 5.82 Å². The Labute approximate surface area is 196 Å². The number of halogens is 2. The zero-order valence-electron chi connectivity index (χ0n) is 18.1. The fourth-order valence-corrected chi connectivity index (χ4v) is 3.56. The van der Waals surface area contributed by atoms with E-state index in [1.54, 1.807) is 36.5 Å². The van der Waals surface area contributed by atoms with E-state index >= 15 is 0 Å². The van der Waals surface area contributed by atoms with Gasteiger partial charge in [0.05, 0.1) is 6.54 Å². The molecule has 1 N–H and O–H groups in total. The van der Waals surface area contributed by atoms with Crippen molar-refractivity contribution in [2.24, 2.45) is 0 Å². The second kappa shape index (κ2) is 10.3. The van der Waals surface area contributed by atoms with Crippen LogP contribution >= 0.6 is 11.6 Å². The number of benzene rings is 3. The van der Waals surface area contributed by atoms with Gasteiger partial charge in [0.2, 0.25) is 0 Å². The molecule has 3 aromatic carbocycles. The molecule has 0 radical (unpaired) electrons. The number of anilines is 1. The highest BCUT2D eigenvalue weighted by Gasteiger charge is 2.11. The van der Waals surface area contributed by atoms with E-state index in [-0.39, 0.29) is 12.5 Å². The number of carbonyl (C=O) groups excluding carboxylic acids is 1. The lowest BCUT2D eigenvalue weighted by atomic mass is 10.1. The van der Waals surface area contributed by atoms with Crippen LogP contribution < -0.4 is 10.1 Å². The summed E-state index contributed by atoms with van der Waals surface area (Å²) in [6.07, 6.45) is 2.64. The maximum absolute atomic E-state index is 14.0. The maximum atomic E-state index is 14.0. The molecule has 0 saturated carbocycles. The molecule has 33 heavy (non-hydrogen) atoms. The Kier molecular flexibility index (Phi) is 7.05. The van der Waals surface area contributed by atoms with Crippen LogP contribution in [0.5, 0.6) is 5.75 Å². The lowest BCUT2D eigenvalue weighted by Crippen LogP contribution is -2.13. The van der Waals surface area contributed by atoms with Gasteiger partial charge in [0.1, 0.15) is 18.2 Å². The molecule has 0 aliphatic heterocycles. The second-order valence-corrected chi connectivity index (χ2v) is 7.95. The Bertz CT molecular complexity index is 1230. The van der Waals surface area contributed by atoms with Gasteiger partial charge in [0.15, 0.2) is 5.82 Å². The molecule has 0 unspecified atom stereocenters. The van der Waals surface area contributed by atoms with Crippen LogP contribution in [0.15, 0.2) is 79.0 Å². The molecule has 0 atom stereocenters. The van der Waals surface area contributed by atoms with E-state index in [0.717, 1.165) is 17.7 Å². The van der Waals surface area contributed by atoms with Crippen LogP contribution in [0, 0.1) is 5.82 Å². The van der Waals surface area contributed by atoms with Crippen LogP contribution in [0.1, 0.15) is 34.0 Å². The number of amides is 1. The number of nitrogens with one attached hydrogen (secondary N) is 1. The Morgan fingerprint density at radius 3 is 2.61 bits per heavy atom. The number of hydrogen-bond donors (Lipinski definition) is 1. The summed E-state index contributed by atoms with van der Waals surface area (Å²) < 4.78 is 21.4. The fraction of sp³-hybridized carbons (Fsp3) is 0.154. The van der Waals surface area contributed by atoms with Gasteiger partial charge in [-0.3, -0.25) is 9.48 Å². The summed E-state index contributed by atoms with van der Waals surface area (Å²) in [5, 5.41) is 7.40. The van der Waals surface area contributed by atoms with Crippen molar-refractivity contribution >= 4 is 23.3 Å². The number of rotatable bonds is 8. The summed E-state index contributed by atoms with van der Waals surface area (Å²) in [5.41, 5.74) is 2.96. The second-order valence-electron chi connectivity index (χ2n) is 7.54. The van der Waals surface area contributed by atoms with E-state index in [4.69, 9.17) is 16.3 Å². The smallest absolute Gasteiger partial charge is 0.256 e. The van der Waals surface area contributed by atoms with Gasteiger partial charge in [0.25, 0.3) is 5.91 Å². The average molecular weight is 464 g/mol. The molecule has 0 saturated heterocycles. The predicted octanol–water partition coefficient (Wildman–Crippen LogP) is 6.12. The normalized spacial score (nSPS) is 10.8. The van der Waals surface area contributed by atoms with Crippen molar-refractivity contribution in [2.75, 3.05) is 5.32 Å². The Morgan fingerprint density at radius 2 is 1.85 bits per heavy atom. The lowest BCUT2D eigenvalue weighted by Gasteiger charge is -2.09. The van der Waals surface area contributed by atoms with Crippen LogP contribution in [-0.4, -0.2) is 15.7 Å². The summed E-state index contributed by atoms with van der Waals surface area (Å²) in [7, 11) is 0. The first-order valence-electron chi connectivity index (χ1n) is 10.6. The van der Waals surface area contributed by atoms with Crippen LogP contribution in [0.3, 0.4) is 0 Å². The van der Waals surface area contributed by atoms with E-state index in [0.29, 0.717) is 28.6 Å². The standard InChI is InChI=1S/C26H23ClFN3O2/c1-2-18-9-11-21(12-10-18)33-17-19-5-3-6-20(15-19)26(32)29-25-13-14-31(30-25)16-22-23(27)7-4-8-24(22)28/h3-15H,2,16-17H2,1H3,(H,29,30,32). The van der Waals surface area contributed by atoms with Crippen LogP contribution in [0.2, 0.25) is 5.02 Å². The van der Waals surface area contributed by atoms with Crippen molar-refractivity contribution < 1.29 is 13.9 Å². The average Bonchev–Trinajstić information content (AvgIpc) is 3.27. The zero-order valence-corrected chi connectivity index (χ0v) is 18.8. The Balaban J connectivity index is 1.37. The van der Waals surface area contributed by atoms with Gasteiger partial charge in [0, 0.05) is 28.4 Å². The quantitative estimate of drug-likeness (QED) is 0.342. The Hall–Kier alpha value is -3.64. The van der Waals surface area contributed by atoms with Crippen molar-refractivity contribution in [2.45, 2.75) is 26.5 Å². The SMILES string of the molecule is CCc1ccc(OCc2cccc(C(=O)Nc3ccn(Cc4c(F)cccc4Cl)n3)c2)cc1. The topological polar surface area (TPSA) is 56.1 Å². The first-order valence-corrected chi connectivity index (χ1v) is 11.0. The third-order valence-electron chi connectivity index (χ3n) is 5.19. The van der Waals surface area contributed by atoms with Crippen LogP contribution in [-0.2, 0) is 19.6 Å². The minimum absolute atomic E-state index is 0.160. The van der Waals surface area contributed by atoms with E-state index in [2.05, 4.69) is 17.3 Å². The summed E-state index contributed by atoms with van der Waals surface area (Å²) in [6.45, 7) is 2.62. The molecule has 1 heterocycles. The minimum atomic E-state index is -0.399. The molecule has 0 aliphatic rings.